The fraction of sp³-hybridized carbons (Fsp3) is 0. The molecule has 1 heterocycles. The SMILES string of the molecule is N/N=C(/N)c1cn[nH]n1. The van der Waals surface area contributed by atoms with Gasteiger partial charge in [0.15, 0.2) is 5.84 Å². The lowest BCUT2D eigenvalue weighted by Crippen LogP contribution is -2.15. The first-order chi connectivity index (χ1) is 4.34. The van der Waals surface area contributed by atoms with Crippen LogP contribution in [-0.2, 0) is 0 Å². The van der Waals surface area contributed by atoms with Gasteiger partial charge in [-0.3, -0.25) is 0 Å². The minimum Gasteiger partial charge on any atom is -0.380 e. The summed E-state index contributed by atoms with van der Waals surface area (Å²) in [5, 5.41) is 12.7. The smallest absolute Gasteiger partial charge is 0.172 e. The normalized spacial score (nSPS) is 11.8. The van der Waals surface area contributed by atoms with Crippen molar-refractivity contribution in [2.24, 2.45) is 16.7 Å². The van der Waals surface area contributed by atoms with E-state index in [0.29, 0.717) is 5.69 Å². The van der Waals surface area contributed by atoms with Crippen LogP contribution in [0.15, 0.2) is 11.3 Å². The van der Waals surface area contributed by atoms with Crippen LogP contribution in [0, 0.1) is 0 Å². The van der Waals surface area contributed by atoms with Gasteiger partial charge in [-0.2, -0.15) is 20.5 Å². The third kappa shape index (κ3) is 0.958. The highest BCUT2D eigenvalue weighted by Gasteiger charge is 1.97. The molecule has 0 radical (unpaired) electrons. The van der Waals surface area contributed by atoms with E-state index >= 15 is 0 Å². The summed E-state index contributed by atoms with van der Waals surface area (Å²) >= 11 is 0. The maximum absolute atomic E-state index is 5.24. The van der Waals surface area contributed by atoms with Crippen molar-refractivity contribution in [3.63, 3.8) is 0 Å². The molecular formula is C3H6N6. The highest BCUT2D eigenvalue weighted by molar-refractivity contribution is 5.94. The van der Waals surface area contributed by atoms with Crippen LogP contribution in [0.4, 0.5) is 0 Å². The summed E-state index contributed by atoms with van der Waals surface area (Å²) in [4.78, 5) is 0. The van der Waals surface area contributed by atoms with Crippen molar-refractivity contribution >= 4 is 5.84 Å². The molecule has 0 amide bonds. The Kier molecular flexibility index (Phi) is 1.31. The van der Waals surface area contributed by atoms with Gasteiger partial charge in [0.1, 0.15) is 5.69 Å². The number of nitrogens with zero attached hydrogens (tertiary/aromatic N) is 3. The Balaban J connectivity index is 2.90. The zero-order valence-electron chi connectivity index (χ0n) is 4.57. The fourth-order valence-electron chi connectivity index (χ4n) is 0.391. The second-order valence-corrected chi connectivity index (χ2v) is 1.37. The molecule has 0 aliphatic carbocycles. The third-order valence-electron chi connectivity index (χ3n) is 0.817. The first-order valence-electron chi connectivity index (χ1n) is 2.24. The first-order valence-corrected chi connectivity index (χ1v) is 2.24. The van der Waals surface area contributed by atoms with Gasteiger partial charge in [0.05, 0.1) is 6.20 Å². The standard InChI is InChI=1S/C3H6N6/c4-3(7-5)2-1-6-9-8-2/h1H,5H2,(H2,4,7)(H,6,8,9). The largest absolute Gasteiger partial charge is 0.380 e. The van der Waals surface area contributed by atoms with Gasteiger partial charge >= 0.3 is 0 Å². The number of hydrazone groups is 1. The molecule has 0 saturated carbocycles. The molecule has 0 atom stereocenters. The number of hydrogen-bond donors (Lipinski definition) is 3. The van der Waals surface area contributed by atoms with Crippen LogP contribution in [0.2, 0.25) is 0 Å². The summed E-state index contributed by atoms with van der Waals surface area (Å²) in [6.07, 6.45) is 1.44. The Bertz CT molecular complexity index is 198. The van der Waals surface area contributed by atoms with Crippen molar-refractivity contribution in [1.82, 2.24) is 15.4 Å². The number of hydrogen-bond acceptors (Lipinski definition) is 4. The fourth-order valence-corrected chi connectivity index (χ4v) is 0.391. The van der Waals surface area contributed by atoms with E-state index in [4.69, 9.17) is 11.6 Å². The van der Waals surface area contributed by atoms with Gasteiger partial charge in [0.2, 0.25) is 0 Å². The van der Waals surface area contributed by atoms with Gasteiger partial charge in [-0.15, -0.1) is 0 Å². The van der Waals surface area contributed by atoms with Gasteiger partial charge in [0.25, 0.3) is 0 Å². The molecule has 9 heavy (non-hydrogen) atoms. The van der Waals surface area contributed by atoms with Crippen LogP contribution < -0.4 is 11.6 Å². The van der Waals surface area contributed by atoms with Crippen LogP contribution in [0.5, 0.6) is 0 Å². The Hall–Kier alpha value is -1.59. The summed E-state index contributed by atoms with van der Waals surface area (Å²) in [6, 6.07) is 0. The van der Waals surface area contributed by atoms with E-state index in [0.717, 1.165) is 0 Å². The molecule has 0 aliphatic heterocycles. The minimum absolute atomic E-state index is 0.170. The second kappa shape index (κ2) is 2.12. The number of rotatable bonds is 1. The predicted octanol–water partition coefficient (Wildman–Crippen LogP) is -1.62. The molecule has 1 aromatic heterocycles. The molecule has 6 nitrogen and oxygen atoms in total. The summed E-state index contributed by atoms with van der Waals surface area (Å²) < 4.78 is 0. The predicted molar refractivity (Wildman–Crippen MR) is 31.3 cm³/mol. The topological polar surface area (TPSA) is 106 Å². The Labute approximate surface area is 50.9 Å². The van der Waals surface area contributed by atoms with E-state index in [1.165, 1.54) is 6.20 Å². The molecule has 5 N–H and O–H groups in total. The van der Waals surface area contributed by atoms with E-state index in [1.54, 1.807) is 0 Å². The van der Waals surface area contributed by atoms with Gasteiger partial charge in [-0.1, -0.05) is 0 Å². The van der Waals surface area contributed by atoms with Crippen molar-refractivity contribution in [3.8, 4) is 0 Å². The van der Waals surface area contributed by atoms with Crippen LogP contribution >= 0.6 is 0 Å². The lowest BCUT2D eigenvalue weighted by Gasteiger charge is -1.86. The minimum atomic E-state index is 0.170. The van der Waals surface area contributed by atoms with E-state index in [9.17, 15) is 0 Å². The van der Waals surface area contributed by atoms with Gasteiger partial charge in [-0.25, -0.2) is 0 Å². The maximum atomic E-state index is 5.24. The molecule has 0 aliphatic rings. The molecule has 0 unspecified atom stereocenters. The highest BCUT2D eigenvalue weighted by Crippen LogP contribution is 1.83. The van der Waals surface area contributed by atoms with Crippen molar-refractivity contribution in [2.45, 2.75) is 0 Å². The molecule has 0 fully saturated rings. The maximum Gasteiger partial charge on any atom is 0.172 e. The third-order valence-corrected chi connectivity index (χ3v) is 0.817. The van der Waals surface area contributed by atoms with Gasteiger partial charge < -0.3 is 11.6 Å². The number of aromatic nitrogens is 3. The average molecular weight is 126 g/mol. The van der Waals surface area contributed by atoms with E-state index < -0.39 is 0 Å². The second-order valence-electron chi connectivity index (χ2n) is 1.37. The molecule has 0 spiro atoms. The van der Waals surface area contributed by atoms with Crippen LogP contribution in [0.3, 0.4) is 0 Å². The van der Waals surface area contributed by atoms with Crippen molar-refractivity contribution in [3.05, 3.63) is 11.9 Å². The highest BCUT2D eigenvalue weighted by atomic mass is 15.3. The summed E-state index contributed by atoms with van der Waals surface area (Å²) in [6.45, 7) is 0. The molecule has 0 saturated heterocycles. The van der Waals surface area contributed by atoms with Crippen molar-refractivity contribution < 1.29 is 0 Å². The number of aromatic amines is 1. The monoisotopic (exact) mass is 126 g/mol. The van der Waals surface area contributed by atoms with E-state index in [2.05, 4.69) is 20.5 Å². The summed E-state index contributed by atoms with van der Waals surface area (Å²) in [7, 11) is 0. The molecule has 1 aromatic rings. The lowest BCUT2D eigenvalue weighted by atomic mass is 10.5. The molecular weight excluding hydrogens is 120 g/mol. The molecule has 48 valence electrons. The van der Waals surface area contributed by atoms with Crippen LogP contribution in [0.1, 0.15) is 5.69 Å². The quantitative estimate of drug-likeness (QED) is 0.182. The van der Waals surface area contributed by atoms with Gasteiger partial charge in [0, 0.05) is 0 Å². The van der Waals surface area contributed by atoms with Gasteiger partial charge in [-0.05, 0) is 0 Å². The average Bonchev–Trinajstić information content (AvgIpc) is 2.37. The summed E-state index contributed by atoms with van der Waals surface area (Å²) in [5.74, 6) is 5.01. The molecule has 0 bridgehead atoms. The number of nitrogens with two attached hydrogens (primary N) is 2. The zero-order chi connectivity index (χ0) is 6.69. The molecule has 6 heteroatoms. The number of H-pyrrole nitrogens is 1. The first kappa shape index (κ1) is 5.54. The molecule has 0 aromatic carbocycles. The van der Waals surface area contributed by atoms with Crippen molar-refractivity contribution in [2.75, 3.05) is 0 Å². The number of amidine groups is 1. The summed E-state index contributed by atoms with van der Waals surface area (Å²) in [5.41, 5.74) is 5.70. The Morgan fingerprint density at radius 3 is 3.00 bits per heavy atom. The van der Waals surface area contributed by atoms with E-state index in [-0.39, 0.29) is 5.84 Å². The van der Waals surface area contributed by atoms with Crippen LogP contribution in [-0.4, -0.2) is 21.2 Å². The Morgan fingerprint density at radius 1 is 1.78 bits per heavy atom. The van der Waals surface area contributed by atoms with Crippen LogP contribution in [0.25, 0.3) is 0 Å². The van der Waals surface area contributed by atoms with Crippen molar-refractivity contribution in [1.29, 1.82) is 0 Å². The van der Waals surface area contributed by atoms with E-state index in [1.807, 2.05) is 0 Å². The Morgan fingerprint density at radius 2 is 2.56 bits per heavy atom. The zero-order valence-corrected chi connectivity index (χ0v) is 4.57. The molecule has 1 rings (SSSR count). The number of nitrogens with one attached hydrogen (secondary N) is 1. The lowest BCUT2D eigenvalue weighted by molar-refractivity contribution is 0.936.